The van der Waals surface area contributed by atoms with Gasteiger partial charge >= 0.3 is 0 Å². The van der Waals surface area contributed by atoms with E-state index in [1.54, 1.807) is 6.07 Å². The van der Waals surface area contributed by atoms with Crippen molar-refractivity contribution < 1.29 is 4.74 Å². The molecular weight excluding hydrogens is 216 g/mol. The second-order valence-corrected chi connectivity index (χ2v) is 4.84. The van der Waals surface area contributed by atoms with Crippen LogP contribution in [0, 0.1) is 18.3 Å². The second kappa shape index (κ2) is 4.30. The Morgan fingerprint density at radius 2 is 2.24 bits per heavy atom. The Kier molecular flexibility index (Phi) is 2.99. The van der Waals surface area contributed by atoms with E-state index in [-0.39, 0.29) is 5.60 Å². The highest BCUT2D eigenvalue weighted by Crippen LogP contribution is 2.20. The summed E-state index contributed by atoms with van der Waals surface area (Å²) in [6.45, 7) is 8.11. The predicted octanol–water partition coefficient (Wildman–Crippen LogP) is 1.27. The molecule has 0 N–H and O–H groups in total. The van der Waals surface area contributed by atoms with Crippen LogP contribution in [0.3, 0.4) is 0 Å². The van der Waals surface area contributed by atoms with Gasteiger partial charge in [-0.2, -0.15) is 5.26 Å². The van der Waals surface area contributed by atoms with Crippen molar-refractivity contribution in [2.45, 2.75) is 26.4 Å². The molecule has 2 rings (SSSR count). The molecule has 1 aromatic rings. The Labute approximate surface area is 101 Å². The van der Waals surface area contributed by atoms with Crippen LogP contribution in [0.1, 0.15) is 25.2 Å². The maximum atomic E-state index is 8.90. The minimum Gasteiger partial charge on any atom is -0.372 e. The fourth-order valence-electron chi connectivity index (χ4n) is 1.94. The SMILES string of the molecule is Cc1cc(C#N)nc(N2CCOC(C)(C)C2)n1. The summed E-state index contributed by atoms with van der Waals surface area (Å²) in [5.74, 6) is 0.623. The number of nitrogens with zero attached hydrogens (tertiary/aromatic N) is 4. The van der Waals surface area contributed by atoms with E-state index in [0.29, 0.717) is 18.2 Å². The van der Waals surface area contributed by atoms with Crippen LogP contribution in [0.25, 0.3) is 0 Å². The number of aromatic nitrogens is 2. The Morgan fingerprint density at radius 1 is 1.47 bits per heavy atom. The molecule has 0 aromatic carbocycles. The normalized spacial score (nSPS) is 18.8. The van der Waals surface area contributed by atoms with Gasteiger partial charge in [0.15, 0.2) is 0 Å². The number of hydrogen-bond donors (Lipinski definition) is 0. The minimum atomic E-state index is -0.196. The van der Waals surface area contributed by atoms with E-state index in [2.05, 4.69) is 20.9 Å². The molecule has 5 heteroatoms. The summed E-state index contributed by atoms with van der Waals surface area (Å²) in [6.07, 6.45) is 0. The number of rotatable bonds is 1. The summed E-state index contributed by atoms with van der Waals surface area (Å²) in [5.41, 5.74) is 1.03. The third kappa shape index (κ3) is 2.71. The minimum absolute atomic E-state index is 0.196. The van der Waals surface area contributed by atoms with E-state index in [9.17, 15) is 0 Å². The molecule has 0 atom stereocenters. The van der Waals surface area contributed by atoms with E-state index < -0.39 is 0 Å². The smallest absolute Gasteiger partial charge is 0.226 e. The summed E-state index contributed by atoms with van der Waals surface area (Å²) in [5, 5.41) is 8.90. The number of aryl methyl sites for hydroxylation is 1. The highest BCUT2D eigenvalue weighted by molar-refractivity contribution is 5.36. The standard InChI is InChI=1S/C12H16N4O/c1-9-6-10(7-13)15-11(14-9)16-4-5-17-12(2,3)8-16/h6H,4-5,8H2,1-3H3. The van der Waals surface area contributed by atoms with Gasteiger partial charge in [-0.1, -0.05) is 0 Å². The van der Waals surface area contributed by atoms with Crippen molar-refractivity contribution in [3.8, 4) is 6.07 Å². The van der Waals surface area contributed by atoms with Crippen LogP contribution in [0.15, 0.2) is 6.07 Å². The molecule has 1 aliphatic rings. The summed E-state index contributed by atoms with van der Waals surface area (Å²) < 4.78 is 5.64. The summed E-state index contributed by atoms with van der Waals surface area (Å²) in [7, 11) is 0. The number of nitriles is 1. The molecule has 1 aromatic heterocycles. The Hall–Kier alpha value is -1.67. The fourth-order valence-corrected chi connectivity index (χ4v) is 1.94. The quantitative estimate of drug-likeness (QED) is 0.729. The number of hydrogen-bond acceptors (Lipinski definition) is 5. The molecule has 0 bridgehead atoms. The van der Waals surface area contributed by atoms with Crippen LogP contribution in [-0.2, 0) is 4.74 Å². The molecule has 1 saturated heterocycles. The first kappa shape index (κ1) is 11.8. The third-order valence-electron chi connectivity index (χ3n) is 2.67. The van der Waals surface area contributed by atoms with Crippen molar-refractivity contribution in [1.82, 2.24) is 9.97 Å². The lowest BCUT2D eigenvalue weighted by molar-refractivity contribution is -0.0281. The zero-order valence-corrected chi connectivity index (χ0v) is 10.4. The Morgan fingerprint density at radius 3 is 2.88 bits per heavy atom. The Balaban J connectivity index is 2.28. The molecule has 0 spiro atoms. The van der Waals surface area contributed by atoms with Crippen LogP contribution in [0.5, 0.6) is 0 Å². The van der Waals surface area contributed by atoms with Crippen LogP contribution in [-0.4, -0.2) is 35.3 Å². The van der Waals surface area contributed by atoms with Gasteiger partial charge < -0.3 is 9.64 Å². The first-order valence-electron chi connectivity index (χ1n) is 5.65. The molecule has 2 heterocycles. The molecule has 0 unspecified atom stereocenters. The van der Waals surface area contributed by atoms with Gasteiger partial charge in [-0.15, -0.1) is 0 Å². The molecule has 0 aliphatic carbocycles. The lowest BCUT2D eigenvalue weighted by Gasteiger charge is -2.38. The predicted molar refractivity (Wildman–Crippen MR) is 63.7 cm³/mol. The van der Waals surface area contributed by atoms with Gasteiger partial charge in [-0.3, -0.25) is 0 Å². The molecule has 1 fully saturated rings. The van der Waals surface area contributed by atoms with E-state index in [4.69, 9.17) is 10.00 Å². The molecule has 17 heavy (non-hydrogen) atoms. The maximum Gasteiger partial charge on any atom is 0.226 e. The first-order chi connectivity index (χ1) is 8.00. The van der Waals surface area contributed by atoms with Gasteiger partial charge in [-0.25, -0.2) is 9.97 Å². The highest BCUT2D eigenvalue weighted by atomic mass is 16.5. The fraction of sp³-hybridized carbons (Fsp3) is 0.583. The van der Waals surface area contributed by atoms with Crippen LogP contribution in [0.2, 0.25) is 0 Å². The van der Waals surface area contributed by atoms with Crippen molar-refractivity contribution in [1.29, 1.82) is 5.26 Å². The van der Waals surface area contributed by atoms with Crippen molar-refractivity contribution in [2.75, 3.05) is 24.6 Å². The van der Waals surface area contributed by atoms with Crippen molar-refractivity contribution in [2.24, 2.45) is 0 Å². The molecule has 5 nitrogen and oxygen atoms in total. The van der Waals surface area contributed by atoms with Crippen molar-refractivity contribution in [3.05, 3.63) is 17.5 Å². The van der Waals surface area contributed by atoms with Crippen LogP contribution >= 0.6 is 0 Å². The molecule has 1 aliphatic heterocycles. The van der Waals surface area contributed by atoms with E-state index in [1.165, 1.54) is 0 Å². The maximum absolute atomic E-state index is 8.90. The van der Waals surface area contributed by atoms with Gasteiger partial charge in [0.05, 0.1) is 12.2 Å². The summed E-state index contributed by atoms with van der Waals surface area (Å²) >= 11 is 0. The summed E-state index contributed by atoms with van der Waals surface area (Å²) in [4.78, 5) is 10.7. The lowest BCUT2D eigenvalue weighted by Crippen LogP contribution is -2.49. The van der Waals surface area contributed by atoms with Gasteiger partial charge in [0.25, 0.3) is 0 Å². The van der Waals surface area contributed by atoms with Gasteiger partial charge in [0, 0.05) is 18.8 Å². The second-order valence-electron chi connectivity index (χ2n) is 4.84. The molecule has 0 amide bonds. The highest BCUT2D eigenvalue weighted by Gasteiger charge is 2.28. The monoisotopic (exact) mass is 232 g/mol. The molecular formula is C12H16N4O. The van der Waals surface area contributed by atoms with Gasteiger partial charge in [0.2, 0.25) is 5.95 Å². The number of ether oxygens (including phenoxy) is 1. The van der Waals surface area contributed by atoms with Gasteiger partial charge in [-0.05, 0) is 26.8 Å². The van der Waals surface area contributed by atoms with E-state index >= 15 is 0 Å². The average molecular weight is 232 g/mol. The van der Waals surface area contributed by atoms with Crippen LogP contribution in [0.4, 0.5) is 5.95 Å². The third-order valence-corrected chi connectivity index (χ3v) is 2.67. The molecule has 0 saturated carbocycles. The summed E-state index contributed by atoms with van der Waals surface area (Å²) in [6, 6.07) is 3.75. The number of morpholine rings is 1. The van der Waals surface area contributed by atoms with Crippen molar-refractivity contribution in [3.63, 3.8) is 0 Å². The molecule has 90 valence electrons. The average Bonchev–Trinajstić information content (AvgIpc) is 2.27. The van der Waals surface area contributed by atoms with E-state index in [0.717, 1.165) is 18.8 Å². The van der Waals surface area contributed by atoms with Gasteiger partial charge in [0.1, 0.15) is 11.8 Å². The zero-order chi connectivity index (χ0) is 12.5. The first-order valence-corrected chi connectivity index (χ1v) is 5.65. The Bertz CT molecular complexity index is 464. The largest absolute Gasteiger partial charge is 0.372 e. The molecule has 0 radical (unpaired) electrons. The number of anilines is 1. The van der Waals surface area contributed by atoms with Crippen molar-refractivity contribution >= 4 is 5.95 Å². The van der Waals surface area contributed by atoms with Crippen LogP contribution < -0.4 is 4.90 Å². The topological polar surface area (TPSA) is 62.0 Å². The van der Waals surface area contributed by atoms with E-state index in [1.807, 2.05) is 20.8 Å². The lowest BCUT2D eigenvalue weighted by atomic mass is 10.1. The zero-order valence-electron chi connectivity index (χ0n) is 10.4.